The number of carbonyl (C=O) groups is 1. The van der Waals surface area contributed by atoms with Crippen LogP contribution in [0, 0.1) is 0 Å². The van der Waals surface area contributed by atoms with Crippen molar-refractivity contribution in [1.82, 2.24) is 4.98 Å². The Bertz CT molecular complexity index is 610. The normalized spacial score (nSPS) is 11.6. The minimum Gasteiger partial charge on any atom is -0.463 e. The molecule has 0 aliphatic rings. The van der Waals surface area contributed by atoms with Gasteiger partial charge in [-0.05, 0) is 27.4 Å². The standard InChI is InChI=1S/C13H14BrNO3S/c1-13(2,3)10-8(12(16)17-4)18-11(15-10)9-7(14)5-6-19-9/h5-6H,1-4H3. The lowest BCUT2D eigenvalue weighted by Crippen LogP contribution is -2.17. The van der Waals surface area contributed by atoms with E-state index in [0.29, 0.717) is 11.6 Å². The molecule has 0 aliphatic carbocycles. The SMILES string of the molecule is COC(=O)c1oc(-c2sccc2Br)nc1C(C)(C)C. The molecule has 102 valence electrons. The highest BCUT2D eigenvalue weighted by molar-refractivity contribution is 9.10. The molecule has 0 bridgehead atoms. The van der Waals surface area contributed by atoms with E-state index in [1.54, 1.807) is 0 Å². The highest BCUT2D eigenvalue weighted by Crippen LogP contribution is 2.36. The smallest absolute Gasteiger partial charge is 0.376 e. The highest BCUT2D eigenvalue weighted by Gasteiger charge is 2.30. The third-order valence-corrected chi connectivity index (χ3v) is 4.35. The Labute approximate surface area is 123 Å². The third kappa shape index (κ3) is 2.74. The van der Waals surface area contributed by atoms with Gasteiger partial charge in [-0.2, -0.15) is 0 Å². The van der Waals surface area contributed by atoms with Crippen LogP contribution in [0.2, 0.25) is 0 Å². The first-order valence-electron chi connectivity index (χ1n) is 5.67. The van der Waals surface area contributed by atoms with E-state index in [4.69, 9.17) is 9.15 Å². The zero-order chi connectivity index (χ0) is 14.2. The van der Waals surface area contributed by atoms with Gasteiger partial charge in [-0.25, -0.2) is 9.78 Å². The van der Waals surface area contributed by atoms with E-state index in [9.17, 15) is 4.79 Å². The van der Waals surface area contributed by atoms with E-state index in [-0.39, 0.29) is 11.2 Å². The van der Waals surface area contributed by atoms with Crippen molar-refractivity contribution in [2.24, 2.45) is 0 Å². The molecule has 0 radical (unpaired) electrons. The second-order valence-electron chi connectivity index (χ2n) is 5.04. The van der Waals surface area contributed by atoms with E-state index in [2.05, 4.69) is 20.9 Å². The van der Waals surface area contributed by atoms with Crippen LogP contribution in [0.15, 0.2) is 20.3 Å². The Balaban J connectivity index is 2.58. The minimum atomic E-state index is -0.503. The summed E-state index contributed by atoms with van der Waals surface area (Å²) in [5.74, 6) is 0.105. The number of nitrogens with zero attached hydrogens (tertiary/aromatic N) is 1. The van der Waals surface area contributed by atoms with Gasteiger partial charge < -0.3 is 9.15 Å². The van der Waals surface area contributed by atoms with Gasteiger partial charge >= 0.3 is 5.97 Å². The minimum absolute atomic E-state index is 0.172. The molecule has 0 spiro atoms. The van der Waals surface area contributed by atoms with Crippen molar-refractivity contribution < 1.29 is 13.9 Å². The van der Waals surface area contributed by atoms with Crippen LogP contribution in [0.5, 0.6) is 0 Å². The number of thiophene rings is 1. The van der Waals surface area contributed by atoms with E-state index < -0.39 is 5.97 Å². The van der Waals surface area contributed by atoms with E-state index >= 15 is 0 Å². The third-order valence-electron chi connectivity index (χ3n) is 2.52. The Morgan fingerprint density at radius 1 is 1.47 bits per heavy atom. The maximum Gasteiger partial charge on any atom is 0.376 e. The molecule has 19 heavy (non-hydrogen) atoms. The number of halogens is 1. The lowest BCUT2D eigenvalue weighted by atomic mass is 9.91. The summed E-state index contributed by atoms with van der Waals surface area (Å²) in [6.07, 6.45) is 0. The highest BCUT2D eigenvalue weighted by atomic mass is 79.9. The molecule has 2 aromatic heterocycles. The second kappa shape index (κ2) is 5.09. The molecule has 2 heterocycles. The fraction of sp³-hybridized carbons (Fsp3) is 0.385. The predicted molar refractivity (Wildman–Crippen MR) is 77.6 cm³/mol. The molecule has 0 N–H and O–H groups in total. The second-order valence-corrected chi connectivity index (χ2v) is 6.81. The molecule has 0 aliphatic heterocycles. The van der Waals surface area contributed by atoms with Crippen LogP contribution in [0.1, 0.15) is 37.0 Å². The van der Waals surface area contributed by atoms with Crippen LogP contribution in [0.25, 0.3) is 10.8 Å². The summed E-state index contributed by atoms with van der Waals surface area (Å²) >= 11 is 4.93. The molecule has 0 atom stereocenters. The first-order valence-corrected chi connectivity index (χ1v) is 7.35. The van der Waals surface area contributed by atoms with E-state index in [1.165, 1.54) is 18.4 Å². The van der Waals surface area contributed by atoms with Crippen molar-refractivity contribution in [2.45, 2.75) is 26.2 Å². The van der Waals surface area contributed by atoms with Crippen molar-refractivity contribution in [3.63, 3.8) is 0 Å². The Morgan fingerprint density at radius 2 is 2.16 bits per heavy atom. The van der Waals surface area contributed by atoms with Crippen LogP contribution >= 0.6 is 27.3 Å². The van der Waals surface area contributed by atoms with Crippen molar-refractivity contribution in [1.29, 1.82) is 0 Å². The van der Waals surface area contributed by atoms with Gasteiger partial charge in [0.25, 0.3) is 0 Å². The molecule has 2 aromatic rings. The average Bonchev–Trinajstić information content (AvgIpc) is 2.92. The van der Waals surface area contributed by atoms with Crippen LogP contribution in [-0.4, -0.2) is 18.1 Å². The summed E-state index contributed by atoms with van der Waals surface area (Å²) in [5, 5.41) is 1.93. The first-order chi connectivity index (χ1) is 8.84. The fourth-order valence-electron chi connectivity index (χ4n) is 1.60. The van der Waals surface area contributed by atoms with Crippen LogP contribution in [0.4, 0.5) is 0 Å². The van der Waals surface area contributed by atoms with Crippen molar-refractivity contribution >= 4 is 33.2 Å². The first kappa shape index (κ1) is 14.3. The number of ether oxygens (including phenoxy) is 1. The lowest BCUT2D eigenvalue weighted by molar-refractivity contribution is 0.0562. The lowest BCUT2D eigenvalue weighted by Gasteiger charge is -2.15. The molecular formula is C13H14BrNO3S. The van der Waals surface area contributed by atoms with Gasteiger partial charge in [-0.15, -0.1) is 11.3 Å². The summed E-state index contributed by atoms with van der Waals surface area (Å²) in [7, 11) is 1.33. The van der Waals surface area contributed by atoms with Gasteiger partial charge in [-0.1, -0.05) is 20.8 Å². The maximum atomic E-state index is 11.8. The van der Waals surface area contributed by atoms with Gasteiger partial charge in [0.2, 0.25) is 11.7 Å². The predicted octanol–water partition coefficient (Wildman–Crippen LogP) is 4.25. The average molecular weight is 344 g/mol. The number of rotatable bonds is 2. The van der Waals surface area contributed by atoms with Gasteiger partial charge in [0.1, 0.15) is 10.6 Å². The van der Waals surface area contributed by atoms with Crippen LogP contribution in [-0.2, 0) is 10.2 Å². The molecule has 0 unspecified atom stereocenters. The fourth-order valence-corrected chi connectivity index (χ4v) is 3.07. The number of carbonyl (C=O) groups excluding carboxylic acids is 1. The summed E-state index contributed by atoms with van der Waals surface area (Å²) in [5.41, 5.74) is 0.310. The Morgan fingerprint density at radius 3 is 2.63 bits per heavy atom. The number of esters is 1. The summed E-state index contributed by atoms with van der Waals surface area (Å²) in [4.78, 5) is 17.1. The monoisotopic (exact) mass is 343 g/mol. The van der Waals surface area contributed by atoms with Crippen molar-refractivity contribution in [2.75, 3.05) is 7.11 Å². The quantitative estimate of drug-likeness (QED) is 0.765. The van der Waals surface area contributed by atoms with Crippen molar-refractivity contribution in [3.8, 4) is 10.8 Å². The topological polar surface area (TPSA) is 52.3 Å². The molecule has 4 nitrogen and oxygen atoms in total. The Hall–Kier alpha value is -1.14. The molecule has 0 fully saturated rings. The molecule has 0 aromatic carbocycles. The molecule has 6 heteroatoms. The van der Waals surface area contributed by atoms with Crippen LogP contribution < -0.4 is 0 Å². The number of hydrogen-bond acceptors (Lipinski definition) is 5. The number of methoxy groups -OCH3 is 1. The van der Waals surface area contributed by atoms with Gasteiger partial charge in [0, 0.05) is 9.89 Å². The summed E-state index contributed by atoms with van der Waals surface area (Å²) in [6.45, 7) is 5.93. The zero-order valence-electron chi connectivity index (χ0n) is 11.1. The van der Waals surface area contributed by atoms with Crippen LogP contribution in [0.3, 0.4) is 0 Å². The number of hydrogen-bond donors (Lipinski definition) is 0. The largest absolute Gasteiger partial charge is 0.463 e. The molecule has 0 saturated heterocycles. The van der Waals surface area contributed by atoms with Gasteiger partial charge in [0.15, 0.2) is 0 Å². The van der Waals surface area contributed by atoms with E-state index in [0.717, 1.165) is 9.35 Å². The molecular weight excluding hydrogens is 330 g/mol. The van der Waals surface area contributed by atoms with Gasteiger partial charge in [0.05, 0.1) is 7.11 Å². The number of aromatic nitrogens is 1. The maximum absolute atomic E-state index is 11.8. The molecule has 0 amide bonds. The molecule has 0 saturated carbocycles. The van der Waals surface area contributed by atoms with Crippen molar-refractivity contribution in [3.05, 3.63) is 27.4 Å². The van der Waals surface area contributed by atoms with Gasteiger partial charge in [-0.3, -0.25) is 0 Å². The van der Waals surface area contributed by atoms with E-state index in [1.807, 2.05) is 32.2 Å². The Kier molecular flexibility index (Phi) is 3.82. The number of oxazole rings is 1. The molecule has 2 rings (SSSR count). The summed E-state index contributed by atoms with van der Waals surface area (Å²) in [6, 6.07) is 1.92. The summed E-state index contributed by atoms with van der Waals surface area (Å²) < 4.78 is 11.3. The zero-order valence-corrected chi connectivity index (χ0v) is 13.5.